The van der Waals surface area contributed by atoms with Crippen LogP contribution in [0.5, 0.6) is 0 Å². The lowest BCUT2D eigenvalue weighted by Gasteiger charge is -2.44. The van der Waals surface area contributed by atoms with Crippen molar-refractivity contribution in [1.82, 2.24) is 15.1 Å². The van der Waals surface area contributed by atoms with Gasteiger partial charge in [0.05, 0.1) is 17.9 Å². The third-order valence-electron chi connectivity index (χ3n) is 6.84. The number of nitrogens with zero attached hydrogens (tertiary/aromatic N) is 3. The molecule has 174 valence electrons. The van der Waals surface area contributed by atoms with Crippen molar-refractivity contribution >= 4 is 23.6 Å². The number of benzene rings is 1. The van der Waals surface area contributed by atoms with Gasteiger partial charge in [-0.1, -0.05) is 6.42 Å². The Morgan fingerprint density at radius 3 is 2.56 bits per heavy atom. The average Bonchev–Trinajstić information content (AvgIpc) is 3.06. The van der Waals surface area contributed by atoms with Gasteiger partial charge in [0.2, 0.25) is 0 Å². The van der Waals surface area contributed by atoms with E-state index in [2.05, 4.69) is 17.1 Å². The highest BCUT2D eigenvalue weighted by Crippen LogP contribution is 2.35. The molecule has 8 heteroatoms. The first kappa shape index (κ1) is 22.4. The molecule has 1 N–H and O–H groups in total. The largest absolute Gasteiger partial charge is 0.450 e. The second kappa shape index (κ2) is 9.79. The second-order valence-electron chi connectivity index (χ2n) is 8.78. The molecule has 2 fully saturated rings. The number of ether oxygens (including phenoxy) is 1. The van der Waals surface area contributed by atoms with Gasteiger partial charge >= 0.3 is 6.09 Å². The molecular weight excluding hydrogens is 408 g/mol. The number of fused-ring (bicyclic) bond motifs is 2. The van der Waals surface area contributed by atoms with Crippen LogP contribution in [-0.2, 0) is 4.74 Å². The zero-order chi connectivity index (χ0) is 22.7. The van der Waals surface area contributed by atoms with Crippen LogP contribution in [-0.4, -0.2) is 72.7 Å². The molecule has 1 aromatic rings. The lowest BCUT2D eigenvalue weighted by atomic mass is 10.00. The van der Waals surface area contributed by atoms with Gasteiger partial charge in [0.15, 0.2) is 0 Å². The number of rotatable bonds is 4. The van der Waals surface area contributed by atoms with Crippen LogP contribution < -0.4 is 10.2 Å². The molecule has 0 aliphatic carbocycles. The number of likely N-dealkylation sites (tertiary alicyclic amines) is 1. The zero-order valence-corrected chi connectivity index (χ0v) is 19.1. The van der Waals surface area contributed by atoms with Crippen molar-refractivity contribution in [3.63, 3.8) is 0 Å². The van der Waals surface area contributed by atoms with Gasteiger partial charge in [-0.3, -0.25) is 9.59 Å². The fourth-order valence-corrected chi connectivity index (χ4v) is 5.13. The minimum Gasteiger partial charge on any atom is -0.450 e. The van der Waals surface area contributed by atoms with E-state index < -0.39 is 0 Å². The fraction of sp³-hybridized carbons (Fsp3) is 0.625. The van der Waals surface area contributed by atoms with E-state index in [1.807, 2.05) is 11.0 Å². The summed E-state index contributed by atoms with van der Waals surface area (Å²) in [7, 11) is 0. The molecule has 0 spiro atoms. The lowest BCUT2D eigenvalue weighted by Crippen LogP contribution is -2.55. The molecule has 0 unspecified atom stereocenters. The van der Waals surface area contributed by atoms with Crippen molar-refractivity contribution < 1.29 is 19.1 Å². The highest BCUT2D eigenvalue weighted by molar-refractivity contribution is 6.04. The van der Waals surface area contributed by atoms with Gasteiger partial charge < -0.3 is 24.8 Å². The predicted octanol–water partition coefficient (Wildman–Crippen LogP) is 3.22. The monoisotopic (exact) mass is 442 g/mol. The Hall–Kier alpha value is -2.77. The molecule has 3 aliphatic heterocycles. The molecule has 4 rings (SSSR count). The van der Waals surface area contributed by atoms with Crippen molar-refractivity contribution in [3.05, 3.63) is 29.3 Å². The average molecular weight is 443 g/mol. The van der Waals surface area contributed by atoms with Gasteiger partial charge in [-0.2, -0.15) is 0 Å². The van der Waals surface area contributed by atoms with Crippen molar-refractivity contribution in [2.45, 2.75) is 64.6 Å². The smallest absolute Gasteiger partial charge is 0.409 e. The minimum atomic E-state index is -0.288. The van der Waals surface area contributed by atoms with Gasteiger partial charge in [-0.25, -0.2) is 4.79 Å². The van der Waals surface area contributed by atoms with Crippen LogP contribution in [0.2, 0.25) is 0 Å². The molecular formula is C24H34N4O4. The van der Waals surface area contributed by atoms with E-state index in [0.29, 0.717) is 43.7 Å². The first-order valence-electron chi connectivity index (χ1n) is 12.0. The maximum atomic E-state index is 13.2. The molecule has 3 heterocycles. The molecule has 0 radical (unpaired) electrons. The van der Waals surface area contributed by atoms with E-state index in [4.69, 9.17) is 4.74 Å². The highest BCUT2D eigenvalue weighted by atomic mass is 16.6. The Kier molecular flexibility index (Phi) is 6.86. The van der Waals surface area contributed by atoms with E-state index in [9.17, 15) is 14.4 Å². The highest BCUT2D eigenvalue weighted by Gasteiger charge is 2.37. The van der Waals surface area contributed by atoms with Crippen LogP contribution in [0.3, 0.4) is 0 Å². The van der Waals surface area contributed by atoms with E-state index in [0.717, 1.165) is 44.5 Å². The summed E-state index contributed by atoms with van der Waals surface area (Å²) in [6.45, 7) is 7.00. The normalized spacial score (nSPS) is 21.5. The molecule has 3 amide bonds. The number of carbonyl (C=O) groups excluding carboxylic acids is 3. The van der Waals surface area contributed by atoms with Gasteiger partial charge in [-0.15, -0.1) is 0 Å². The number of anilines is 1. The molecule has 8 nitrogen and oxygen atoms in total. The molecule has 32 heavy (non-hydrogen) atoms. The van der Waals surface area contributed by atoms with E-state index in [1.54, 1.807) is 24.0 Å². The maximum absolute atomic E-state index is 13.2. The number of hydrogen-bond acceptors (Lipinski definition) is 5. The van der Waals surface area contributed by atoms with Gasteiger partial charge in [-0.05, 0) is 64.2 Å². The van der Waals surface area contributed by atoms with Crippen LogP contribution in [0, 0.1) is 0 Å². The minimum absolute atomic E-state index is 0.0190. The summed E-state index contributed by atoms with van der Waals surface area (Å²) >= 11 is 0. The van der Waals surface area contributed by atoms with Crippen LogP contribution in [0.15, 0.2) is 18.2 Å². The van der Waals surface area contributed by atoms with E-state index >= 15 is 0 Å². The van der Waals surface area contributed by atoms with Crippen LogP contribution in [0.1, 0.15) is 73.1 Å². The summed E-state index contributed by atoms with van der Waals surface area (Å²) in [5, 5.41) is 3.11. The van der Waals surface area contributed by atoms with Gasteiger partial charge in [0.25, 0.3) is 11.8 Å². The molecule has 0 bridgehead atoms. The van der Waals surface area contributed by atoms with Crippen molar-refractivity contribution in [2.75, 3.05) is 37.7 Å². The summed E-state index contributed by atoms with van der Waals surface area (Å²) in [6, 6.07) is 5.46. The SMILES string of the molecule is CCOC(=O)N1CCC(NC(=O)c2ccc3c(c2)N(CC)[C@H]2CCCCCN2C3=O)CC1. The number of hydrogen-bond donors (Lipinski definition) is 1. The van der Waals surface area contributed by atoms with Crippen molar-refractivity contribution in [2.24, 2.45) is 0 Å². The zero-order valence-electron chi connectivity index (χ0n) is 19.1. The van der Waals surface area contributed by atoms with Crippen LogP contribution in [0.4, 0.5) is 10.5 Å². The van der Waals surface area contributed by atoms with Crippen LogP contribution in [0.25, 0.3) is 0 Å². The molecule has 1 aromatic carbocycles. The number of amides is 3. The molecule has 3 aliphatic rings. The molecule has 0 aromatic heterocycles. The van der Waals surface area contributed by atoms with Gasteiger partial charge in [0, 0.05) is 37.8 Å². The second-order valence-corrected chi connectivity index (χ2v) is 8.78. The van der Waals surface area contributed by atoms with Crippen molar-refractivity contribution in [1.29, 1.82) is 0 Å². The Morgan fingerprint density at radius 2 is 1.84 bits per heavy atom. The topological polar surface area (TPSA) is 82.2 Å². The number of piperidine rings is 1. The fourth-order valence-electron chi connectivity index (χ4n) is 5.13. The molecule has 2 saturated heterocycles. The Morgan fingerprint density at radius 1 is 1.06 bits per heavy atom. The molecule has 1 atom stereocenters. The summed E-state index contributed by atoms with van der Waals surface area (Å²) in [5.41, 5.74) is 2.12. The standard InChI is InChI=1S/C24H34N4O4/c1-3-27-20-16-17(9-10-19(20)23(30)28-13-7-5-6-8-21(27)28)22(29)25-18-11-14-26(15-12-18)24(31)32-4-2/h9-10,16,18,21H,3-8,11-15H2,1-2H3,(H,25,29)/t21-/m1/s1. The van der Waals surface area contributed by atoms with E-state index in [-0.39, 0.29) is 30.1 Å². The Balaban J connectivity index is 1.46. The third-order valence-corrected chi connectivity index (χ3v) is 6.84. The quantitative estimate of drug-likeness (QED) is 0.774. The number of carbonyl (C=O) groups is 3. The number of nitrogens with one attached hydrogen (secondary N) is 1. The Bertz CT molecular complexity index is 866. The summed E-state index contributed by atoms with van der Waals surface area (Å²) in [5.74, 6) is -0.0518. The third kappa shape index (κ3) is 4.40. The maximum Gasteiger partial charge on any atom is 0.409 e. The first-order chi connectivity index (χ1) is 15.5. The Labute approximate surface area is 189 Å². The lowest BCUT2D eigenvalue weighted by molar-refractivity contribution is 0.0656. The van der Waals surface area contributed by atoms with Crippen LogP contribution >= 0.6 is 0 Å². The van der Waals surface area contributed by atoms with Crippen molar-refractivity contribution in [3.8, 4) is 0 Å². The first-order valence-corrected chi connectivity index (χ1v) is 12.0. The summed E-state index contributed by atoms with van der Waals surface area (Å²) in [6.07, 6.45) is 5.47. The summed E-state index contributed by atoms with van der Waals surface area (Å²) in [4.78, 5) is 44.0. The summed E-state index contributed by atoms with van der Waals surface area (Å²) < 4.78 is 5.06. The predicted molar refractivity (Wildman–Crippen MR) is 122 cm³/mol. The van der Waals surface area contributed by atoms with Gasteiger partial charge in [0.1, 0.15) is 6.17 Å². The molecule has 0 saturated carbocycles. The van der Waals surface area contributed by atoms with E-state index in [1.165, 1.54) is 0 Å².